The Morgan fingerprint density at radius 3 is 2.55 bits per heavy atom. The van der Waals surface area contributed by atoms with Crippen LogP contribution in [0.15, 0.2) is 17.2 Å². The zero-order valence-electron chi connectivity index (χ0n) is 12.9. The van der Waals surface area contributed by atoms with Gasteiger partial charge in [0, 0.05) is 37.6 Å². The van der Waals surface area contributed by atoms with E-state index in [4.69, 9.17) is 0 Å². The molecule has 0 atom stereocenters. The van der Waals surface area contributed by atoms with Crippen molar-refractivity contribution in [1.82, 2.24) is 14.6 Å². The second-order valence-corrected chi connectivity index (χ2v) is 7.01. The molecule has 2 N–H and O–H groups in total. The van der Waals surface area contributed by atoms with E-state index in [0.717, 1.165) is 25.1 Å². The lowest BCUT2D eigenvalue weighted by molar-refractivity contribution is 0.561. The topological polar surface area (TPSA) is 63.1 Å². The van der Waals surface area contributed by atoms with Crippen LogP contribution in [0.5, 0.6) is 0 Å². The van der Waals surface area contributed by atoms with Crippen LogP contribution in [-0.4, -0.2) is 25.6 Å². The molecule has 0 aromatic carbocycles. The smallest absolute Gasteiger partial charge is 0.242 e. The molecule has 0 spiro atoms. The molecule has 1 aromatic heterocycles. The van der Waals surface area contributed by atoms with Crippen molar-refractivity contribution in [3.8, 4) is 0 Å². The number of unbranched alkanes of at least 4 members (excludes halogenated alkanes) is 1. The van der Waals surface area contributed by atoms with Crippen LogP contribution in [0.2, 0.25) is 0 Å². The van der Waals surface area contributed by atoms with E-state index in [1.54, 1.807) is 12.3 Å². The number of nitrogens with one attached hydrogen (secondary N) is 2. The normalized spacial score (nSPS) is 12.2. The maximum Gasteiger partial charge on any atom is 0.242 e. The highest BCUT2D eigenvalue weighted by atomic mass is 32.2. The largest absolute Gasteiger partial charge is 0.349 e. The Morgan fingerprint density at radius 2 is 2.00 bits per heavy atom. The van der Waals surface area contributed by atoms with Crippen molar-refractivity contribution in [1.29, 1.82) is 0 Å². The van der Waals surface area contributed by atoms with Crippen LogP contribution in [-0.2, 0) is 23.1 Å². The molecule has 5 nitrogen and oxygen atoms in total. The summed E-state index contributed by atoms with van der Waals surface area (Å²) in [4.78, 5) is 0.357. The monoisotopic (exact) mass is 301 g/mol. The predicted octanol–water partition coefficient (Wildman–Crippen LogP) is 2.08. The third-order valence-electron chi connectivity index (χ3n) is 3.13. The molecule has 1 heterocycles. The van der Waals surface area contributed by atoms with Crippen molar-refractivity contribution in [2.24, 2.45) is 0 Å². The van der Waals surface area contributed by atoms with Gasteiger partial charge < -0.3 is 9.88 Å². The molecule has 1 aromatic rings. The van der Waals surface area contributed by atoms with E-state index in [-0.39, 0.29) is 0 Å². The summed E-state index contributed by atoms with van der Waals surface area (Å²) < 4.78 is 29.0. The van der Waals surface area contributed by atoms with Gasteiger partial charge in [-0.25, -0.2) is 13.1 Å². The van der Waals surface area contributed by atoms with Gasteiger partial charge in [-0.15, -0.1) is 0 Å². The number of sulfonamides is 1. The van der Waals surface area contributed by atoms with E-state index in [9.17, 15) is 8.42 Å². The maximum absolute atomic E-state index is 12.2. The molecular formula is C14H27N3O2S. The van der Waals surface area contributed by atoms with Gasteiger partial charge >= 0.3 is 0 Å². The van der Waals surface area contributed by atoms with Crippen LogP contribution >= 0.6 is 0 Å². The SMILES string of the molecule is CCCCNS(=O)(=O)c1cc(CNC(C)C)n(CC)c1. The van der Waals surface area contributed by atoms with Gasteiger partial charge in [0.15, 0.2) is 0 Å². The zero-order chi connectivity index (χ0) is 15.2. The Labute approximate surface area is 122 Å². The average molecular weight is 301 g/mol. The molecule has 0 aliphatic carbocycles. The molecule has 0 amide bonds. The average Bonchev–Trinajstić information content (AvgIpc) is 2.80. The second kappa shape index (κ2) is 7.81. The molecule has 0 fully saturated rings. The van der Waals surface area contributed by atoms with E-state index in [1.165, 1.54) is 0 Å². The van der Waals surface area contributed by atoms with E-state index in [1.807, 2.05) is 18.4 Å². The molecular weight excluding hydrogens is 274 g/mol. The molecule has 116 valence electrons. The summed E-state index contributed by atoms with van der Waals surface area (Å²) in [6.45, 7) is 10.1. The lowest BCUT2D eigenvalue weighted by atomic mass is 10.3. The van der Waals surface area contributed by atoms with Gasteiger partial charge in [0.25, 0.3) is 0 Å². The van der Waals surface area contributed by atoms with E-state index >= 15 is 0 Å². The minimum atomic E-state index is -3.38. The lowest BCUT2D eigenvalue weighted by Gasteiger charge is -2.09. The minimum Gasteiger partial charge on any atom is -0.349 e. The molecule has 1 rings (SSSR count). The Morgan fingerprint density at radius 1 is 1.30 bits per heavy atom. The zero-order valence-corrected chi connectivity index (χ0v) is 13.8. The molecule has 6 heteroatoms. The first kappa shape index (κ1) is 17.2. The first-order valence-corrected chi connectivity index (χ1v) is 8.81. The van der Waals surface area contributed by atoms with Gasteiger partial charge in [-0.1, -0.05) is 27.2 Å². The van der Waals surface area contributed by atoms with Crippen LogP contribution in [0.25, 0.3) is 0 Å². The van der Waals surface area contributed by atoms with Gasteiger partial charge in [-0.3, -0.25) is 0 Å². The van der Waals surface area contributed by atoms with Crippen molar-refractivity contribution in [3.63, 3.8) is 0 Å². The molecule has 0 bridgehead atoms. The van der Waals surface area contributed by atoms with Gasteiger partial charge in [-0.05, 0) is 19.4 Å². The van der Waals surface area contributed by atoms with Crippen LogP contribution in [0.3, 0.4) is 0 Å². The number of nitrogens with zero attached hydrogens (tertiary/aromatic N) is 1. The summed E-state index contributed by atoms with van der Waals surface area (Å²) in [6.07, 6.45) is 3.54. The summed E-state index contributed by atoms with van der Waals surface area (Å²) in [6, 6.07) is 2.13. The summed E-state index contributed by atoms with van der Waals surface area (Å²) in [5.74, 6) is 0. The lowest BCUT2D eigenvalue weighted by Crippen LogP contribution is -2.24. The summed E-state index contributed by atoms with van der Waals surface area (Å²) in [5, 5.41) is 3.32. The van der Waals surface area contributed by atoms with Gasteiger partial charge in [-0.2, -0.15) is 0 Å². The molecule has 0 aliphatic heterocycles. The number of aromatic nitrogens is 1. The fourth-order valence-corrected chi connectivity index (χ4v) is 3.03. The molecule has 0 aliphatic rings. The third kappa shape index (κ3) is 4.92. The summed E-state index contributed by atoms with van der Waals surface area (Å²) in [5.41, 5.74) is 0.997. The Kier molecular flexibility index (Phi) is 6.71. The summed E-state index contributed by atoms with van der Waals surface area (Å²) >= 11 is 0. The number of aryl methyl sites for hydroxylation is 1. The Balaban J connectivity index is 2.85. The van der Waals surface area contributed by atoms with E-state index in [2.05, 4.69) is 23.9 Å². The van der Waals surface area contributed by atoms with Crippen LogP contribution < -0.4 is 10.0 Å². The maximum atomic E-state index is 12.2. The number of hydrogen-bond acceptors (Lipinski definition) is 3. The van der Waals surface area contributed by atoms with Crippen LogP contribution in [0, 0.1) is 0 Å². The van der Waals surface area contributed by atoms with Crippen molar-refractivity contribution in [3.05, 3.63) is 18.0 Å². The molecule has 20 heavy (non-hydrogen) atoms. The van der Waals surface area contributed by atoms with Gasteiger partial charge in [0.05, 0.1) is 4.90 Å². The first-order chi connectivity index (χ1) is 9.40. The van der Waals surface area contributed by atoms with Gasteiger partial charge in [0.2, 0.25) is 10.0 Å². The first-order valence-electron chi connectivity index (χ1n) is 7.32. The number of rotatable bonds is 9. The highest BCUT2D eigenvalue weighted by Gasteiger charge is 2.17. The third-order valence-corrected chi connectivity index (χ3v) is 4.55. The van der Waals surface area contributed by atoms with E-state index < -0.39 is 10.0 Å². The second-order valence-electron chi connectivity index (χ2n) is 5.24. The number of hydrogen-bond donors (Lipinski definition) is 2. The summed E-state index contributed by atoms with van der Waals surface area (Å²) in [7, 11) is -3.38. The van der Waals surface area contributed by atoms with Crippen molar-refractivity contribution in [2.45, 2.75) is 64.6 Å². The van der Waals surface area contributed by atoms with Gasteiger partial charge in [0.1, 0.15) is 0 Å². The molecule has 0 saturated heterocycles. The van der Waals surface area contributed by atoms with Crippen LogP contribution in [0.4, 0.5) is 0 Å². The van der Waals surface area contributed by atoms with Crippen LogP contribution in [0.1, 0.15) is 46.2 Å². The fraction of sp³-hybridized carbons (Fsp3) is 0.714. The molecule has 0 saturated carbocycles. The quantitative estimate of drug-likeness (QED) is 0.687. The van der Waals surface area contributed by atoms with Crippen molar-refractivity contribution in [2.75, 3.05) is 6.54 Å². The predicted molar refractivity (Wildman–Crippen MR) is 82.2 cm³/mol. The van der Waals surface area contributed by atoms with Crippen molar-refractivity contribution >= 4 is 10.0 Å². The standard InChI is InChI=1S/C14H27N3O2S/c1-5-7-8-16-20(18,19)14-9-13(10-15-12(3)4)17(6-2)11-14/h9,11-12,15-16H,5-8,10H2,1-4H3. The highest BCUT2D eigenvalue weighted by molar-refractivity contribution is 7.89. The van der Waals surface area contributed by atoms with E-state index in [0.29, 0.717) is 24.0 Å². The van der Waals surface area contributed by atoms with Crippen molar-refractivity contribution < 1.29 is 8.42 Å². The molecule has 0 radical (unpaired) electrons. The highest BCUT2D eigenvalue weighted by Crippen LogP contribution is 2.15. The Bertz CT molecular complexity index is 506. The fourth-order valence-electron chi connectivity index (χ4n) is 1.89. The Hall–Kier alpha value is -0.850. The molecule has 0 unspecified atom stereocenters. The minimum absolute atomic E-state index is 0.357.